The number of nitrogens with one attached hydrogen (secondary N) is 2. The largest absolute Gasteiger partial charge is 0.383 e. The molecule has 0 saturated carbocycles. The van der Waals surface area contributed by atoms with E-state index in [-0.39, 0.29) is 0 Å². The van der Waals surface area contributed by atoms with Crippen LogP contribution in [0.15, 0.2) is 54.6 Å². The molecule has 0 radical (unpaired) electrons. The monoisotopic (exact) mass is 268 g/mol. The summed E-state index contributed by atoms with van der Waals surface area (Å²) in [5.41, 5.74) is 3.41. The Bertz CT molecular complexity index is 506. The van der Waals surface area contributed by atoms with Crippen molar-refractivity contribution in [2.75, 3.05) is 17.2 Å². The summed E-state index contributed by atoms with van der Waals surface area (Å²) in [6.45, 7) is 5.56. The van der Waals surface area contributed by atoms with Gasteiger partial charge in [-0.15, -0.1) is 0 Å². The van der Waals surface area contributed by atoms with Crippen LogP contribution in [0.5, 0.6) is 0 Å². The molecule has 2 aromatic rings. The molecule has 0 aromatic heterocycles. The molecule has 0 fully saturated rings. The molecule has 2 heteroatoms. The van der Waals surface area contributed by atoms with E-state index in [1.54, 1.807) is 0 Å². The zero-order chi connectivity index (χ0) is 14.2. The Kier molecular flexibility index (Phi) is 5.48. The number of benzene rings is 2. The Morgan fingerprint density at radius 1 is 0.850 bits per heavy atom. The zero-order valence-corrected chi connectivity index (χ0v) is 12.4. The van der Waals surface area contributed by atoms with Crippen molar-refractivity contribution < 1.29 is 0 Å². The van der Waals surface area contributed by atoms with E-state index in [4.69, 9.17) is 0 Å². The lowest BCUT2D eigenvalue weighted by Gasteiger charge is -2.14. The van der Waals surface area contributed by atoms with Gasteiger partial charge in [0, 0.05) is 12.2 Å². The van der Waals surface area contributed by atoms with Crippen LogP contribution in [0, 0.1) is 5.92 Å². The molecular formula is C18H24N2. The van der Waals surface area contributed by atoms with Crippen LogP contribution in [0.3, 0.4) is 0 Å². The second kappa shape index (κ2) is 7.59. The number of hydrogen-bond donors (Lipinski definition) is 2. The van der Waals surface area contributed by atoms with Crippen molar-refractivity contribution in [1.29, 1.82) is 0 Å². The third-order valence-electron chi connectivity index (χ3n) is 3.25. The molecule has 2 rings (SSSR count). The number of hydrogen-bond acceptors (Lipinski definition) is 2. The summed E-state index contributed by atoms with van der Waals surface area (Å²) >= 11 is 0. The maximum Gasteiger partial charge on any atom is 0.0620 e. The lowest BCUT2D eigenvalue weighted by molar-refractivity contribution is 0.567. The molecule has 0 unspecified atom stereocenters. The highest BCUT2D eigenvalue weighted by Crippen LogP contribution is 2.25. The van der Waals surface area contributed by atoms with Gasteiger partial charge in [-0.2, -0.15) is 0 Å². The van der Waals surface area contributed by atoms with Crippen molar-refractivity contribution in [1.82, 2.24) is 0 Å². The molecule has 0 spiro atoms. The molecule has 0 atom stereocenters. The Morgan fingerprint density at radius 2 is 1.50 bits per heavy atom. The van der Waals surface area contributed by atoms with E-state index in [1.807, 2.05) is 18.2 Å². The van der Waals surface area contributed by atoms with Gasteiger partial charge in [-0.3, -0.25) is 0 Å². The van der Waals surface area contributed by atoms with E-state index in [1.165, 1.54) is 18.5 Å². The third-order valence-corrected chi connectivity index (χ3v) is 3.25. The number of anilines is 3. The third kappa shape index (κ3) is 4.61. The quantitative estimate of drug-likeness (QED) is 0.668. The van der Waals surface area contributed by atoms with Crippen molar-refractivity contribution in [2.45, 2.75) is 26.7 Å². The van der Waals surface area contributed by atoms with Crippen LogP contribution in [0.2, 0.25) is 0 Å². The predicted molar refractivity (Wildman–Crippen MR) is 88.7 cm³/mol. The summed E-state index contributed by atoms with van der Waals surface area (Å²) in [6.07, 6.45) is 2.47. The summed E-state index contributed by atoms with van der Waals surface area (Å²) in [5.74, 6) is 0.773. The molecular weight excluding hydrogens is 244 g/mol. The minimum absolute atomic E-state index is 0.773. The molecule has 0 aliphatic rings. The Morgan fingerprint density at radius 3 is 2.20 bits per heavy atom. The highest BCUT2D eigenvalue weighted by molar-refractivity contribution is 5.74. The van der Waals surface area contributed by atoms with Gasteiger partial charge >= 0.3 is 0 Å². The maximum atomic E-state index is 3.53. The first-order valence-corrected chi connectivity index (χ1v) is 7.40. The van der Waals surface area contributed by atoms with Crippen molar-refractivity contribution in [3.63, 3.8) is 0 Å². The van der Waals surface area contributed by atoms with Gasteiger partial charge in [0.15, 0.2) is 0 Å². The molecule has 20 heavy (non-hydrogen) atoms. The Balaban J connectivity index is 1.96. The van der Waals surface area contributed by atoms with Gasteiger partial charge in [-0.25, -0.2) is 0 Å². The maximum absolute atomic E-state index is 3.53. The highest BCUT2D eigenvalue weighted by Gasteiger charge is 2.01. The van der Waals surface area contributed by atoms with E-state index in [9.17, 15) is 0 Å². The van der Waals surface area contributed by atoms with Crippen LogP contribution in [-0.4, -0.2) is 6.54 Å². The second-order valence-corrected chi connectivity index (χ2v) is 5.50. The van der Waals surface area contributed by atoms with Gasteiger partial charge < -0.3 is 10.6 Å². The molecule has 2 aromatic carbocycles. The second-order valence-electron chi connectivity index (χ2n) is 5.50. The van der Waals surface area contributed by atoms with E-state index in [0.29, 0.717) is 0 Å². The van der Waals surface area contributed by atoms with Gasteiger partial charge in [-0.1, -0.05) is 44.2 Å². The molecule has 0 aliphatic carbocycles. The van der Waals surface area contributed by atoms with Gasteiger partial charge in [0.1, 0.15) is 0 Å². The fraction of sp³-hybridized carbons (Fsp3) is 0.333. The smallest absolute Gasteiger partial charge is 0.0620 e. The Hall–Kier alpha value is -1.96. The molecule has 106 valence electrons. The standard InChI is InChI=1S/C18H24N2/c1-15(2)9-8-14-19-17-12-6-7-13-18(17)20-16-10-4-3-5-11-16/h3-7,10-13,15,19-20H,8-9,14H2,1-2H3. The van der Waals surface area contributed by atoms with Crippen LogP contribution in [0.1, 0.15) is 26.7 Å². The van der Waals surface area contributed by atoms with Gasteiger partial charge in [0.05, 0.1) is 11.4 Å². The van der Waals surface area contributed by atoms with Crippen LogP contribution in [0.25, 0.3) is 0 Å². The first kappa shape index (κ1) is 14.4. The lowest BCUT2D eigenvalue weighted by Crippen LogP contribution is -2.05. The predicted octanol–water partition coefficient (Wildman–Crippen LogP) is 5.28. The van der Waals surface area contributed by atoms with Gasteiger partial charge in [0.25, 0.3) is 0 Å². The minimum Gasteiger partial charge on any atom is -0.383 e. The van der Waals surface area contributed by atoms with E-state index in [0.717, 1.165) is 23.8 Å². The fourth-order valence-electron chi connectivity index (χ4n) is 2.16. The normalized spacial score (nSPS) is 10.6. The van der Waals surface area contributed by atoms with Crippen LogP contribution >= 0.6 is 0 Å². The van der Waals surface area contributed by atoms with E-state index in [2.05, 4.69) is 60.9 Å². The van der Waals surface area contributed by atoms with Crippen LogP contribution in [0.4, 0.5) is 17.1 Å². The molecule has 0 bridgehead atoms. The van der Waals surface area contributed by atoms with Gasteiger partial charge in [0.2, 0.25) is 0 Å². The summed E-state index contributed by atoms with van der Waals surface area (Å²) in [7, 11) is 0. The minimum atomic E-state index is 0.773. The van der Waals surface area contributed by atoms with Crippen molar-refractivity contribution in [3.8, 4) is 0 Å². The number of rotatable bonds is 7. The zero-order valence-electron chi connectivity index (χ0n) is 12.4. The van der Waals surface area contributed by atoms with Gasteiger partial charge in [-0.05, 0) is 43.0 Å². The van der Waals surface area contributed by atoms with Crippen molar-refractivity contribution >= 4 is 17.1 Å². The fourth-order valence-corrected chi connectivity index (χ4v) is 2.16. The SMILES string of the molecule is CC(C)CCCNc1ccccc1Nc1ccccc1. The van der Waals surface area contributed by atoms with Crippen molar-refractivity contribution in [2.24, 2.45) is 5.92 Å². The molecule has 0 amide bonds. The lowest BCUT2D eigenvalue weighted by atomic mass is 10.1. The highest BCUT2D eigenvalue weighted by atomic mass is 15.0. The van der Waals surface area contributed by atoms with Crippen LogP contribution in [-0.2, 0) is 0 Å². The van der Waals surface area contributed by atoms with E-state index < -0.39 is 0 Å². The molecule has 2 nitrogen and oxygen atoms in total. The first-order chi connectivity index (χ1) is 9.75. The summed E-state index contributed by atoms with van der Waals surface area (Å²) in [4.78, 5) is 0. The van der Waals surface area contributed by atoms with Crippen molar-refractivity contribution in [3.05, 3.63) is 54.6 Å². The Labute approximate surface area is 122 Å². The molecule has 0 heterocycles. The average Bonchev–Trinajstić information content (AvgIpc) is 2.46. The number of para-hydroxylation sites is 3. The first-order valence-electron chi connectivity index (χ1n) is 7.40. The molecule has 2 N–H and O–H groups in total. The molecule has 0 aliphatic heterocycles. The topological polar surface area (TPSA) is 24.1 Å². The summed E-state index contributed by atoms with van der Waals surface area (Å²) in [6, 6.07) is 18.6. The summed E-state index contributed by atoms with van der Waals surface area (Å²) in [5, 5.41) is 6.99. The van der Waals surface area contributed by atoms with E-state index >= 15 is 0 Å². The average molecular weight is 268 g/mol. The van der Waals surface area contributed by atoms with Crippen LogP contribution < -0.4 is 10.6 Å². The molecule has 0 saturated heterocycles. The summed E-state index contributed by atoms with van der Waals surface area (Å²) < 4.78 is 0.